The minimum absolute atomic E-state index is 0.0292. The second-order valence-electron chi connectivity index (χ2n) is 2.76. The quantitative estimate of drug-likeness (QED) is 0.497. The molecule has 1 heterocycles. The van der Waals surface area contributed by atoms with Crippen molar-refractivity contribution in [1.82, 2.24) is 4.90 Å². The van der Waals surface area contributed by atoms with E-state index in [1.165, 1.54) is 0 Å². The van der Waals surface area contributed by atoms with Gasteiger partial charge in [0, 0.05) is 6.54 Å². The monoisotopic (exact) mass is 239 g/mol. The summed E-state index contributed by atoms with van der Waals surface area (Å²) in [6.07, 6.45) is -2.97. The molecule has 0 aromatic rings. The molecule has 0 bridgehead atoms. The molecule has 0 aromatic carbocycles. The molecule has 5 nitrogen and oxygen atoms in total. The van der Waals surface area contributed by atoms with Crippen LogP contribution in [0.25, 0.3) is 0 Å². The summed E-state index contributed by atoms with van der Waals surface area (Å²) in [4.78, 5) is 11.1. The van der Waals surface area contributed by atoms with Crippen molar-refractivity contribution in [3.63, 3.8) is 0 Å². The van der Waals surface area contributed by atoms with Crippen molar-refractivity contribution in [3.8, 4) is 0 Å². The van der Waals surface area contributed by atoms with E-state index in [0.717, 1.165) is 4.90 Å². The van der Waals surface area contributed by atoms with Crippen LogP contribution in [0.3, 0.4) is 0 Å². The lowest BCUT2D eigenvalue weighted by atomic mass is 10.1. The predicted octanol–water partition coefficient (Wildman–Crippen LogP) is -0.535. The third-order valence-electron chi connectivity index (χ3n) is 1.84. The lowest BCUT2D eigenvalue weighted by Gasteiger charge is -2.35. The van der Waals surface area contributed by atoms with Crippen LogP contribution < -0.4 is 0 Å². The molecule has 70 valence electrons. The molecule has 0 saturated carbocycles. The molecule has 1 fully saturated rings. The Balaban J connectivity index is 2.59. The molecule has 3 atom stereocenters. The van der Waals surface area contributed by atoms with E-state index in [9.17, 15) is 15.0 Å². The van der Waals surface area contributed by atoms with Crippen LogP contribution >= 0.6 is 15.9 Å². The van der Waals surface area contributed by atoms with Gasteiger partial charge in [-0.2, -0.15) is 0 Å². The molecule has 0 spiro atoms. The number of hydrogen-bond donors (Lipinski definition) is 3. The van der Waals surface area contributed by atoms with Crippen LogP contribution in [0.1, 0.15) is 0 Å². The normalized spacial score (nSPS) is 36.6. The highest BCUT2D eigenvalue weighted by atomic mass is 79.9. The summed E-state index contributed by atoms with van der Waals surface area (Å²) in [7, 11) is 0. The third kappa shape index (κ3) is 1.88. The van der Waals surface area contributed by atoms with Crippen LogP contribution in [0.4, 0.5) is 4.79 Å². The minimum Gasteiger partial charge on any atom is -0.465 e. The van der Waals surface area contributed by atoms with Crippen molar-refractivity contribution in [2.75, 3.05) is 13.1 Å². The van der Waals surface area contributed by atoms with Crippen LogP contribution in [0.5, 0.6) is 0 Å². The van der Waals surface area contributed by atoms with Crippen LogP contribution in [0, 0.1) is 0 Å². The maximum absolute atomic E-state index is 10.5. The molecule has 3 unspecified atom stereocenters. The summed E-state index contributed by atoms with van der Waals surface area (Å²) >= 11 is 3.09. The van der Waals surface area contributed by atoms with Gasteiger partial charge < -0.3 is 20.2 Å². The van der Waals surface area contributed by atoms with E-state index in [-0.39, 0.29) is 13.1 Å². The predicted molar refractivity (Wildman–Crippen MR) is 44.3 cm³/mol. The summed E-state index contributed by atoms with van der Waals surface area (Å²) in [6, 6.07) is 0. The van der Waals surface area contributed by atoms with E-state index in [1.54, 1.807) is 0 Å². The maximum atomic E-state index is 10.5. The summed E-state index contributed by atoms with van der Waals surface area (Å²) in [6.45, 7) is 0.173. The molecule has 0 aromatic heterocycles. The van der Waals surface area contributed by atoms with Crippen molar-refractivity contribution < 1.29 is 20.1 Å². The fourth-order valence-corrected chi connectivity index (χ4v) is 1.83. The number of halogens is 1. The van der Waals surface area contributed by atoms with Crippen molar-refractivity contribution in [2.24, 2.45) is 0 Å². The number of alkyl halides is 1. The van der Waals surface area contributed by atoms with E-state index in [1.807, 2.05) is 0 Å². The summed E-state index contributed by atoms with van der Waals surface area (Å²) in [5.74, 6) is 0. The Kier molecular flexibility index (Phi) is 2.92. The summed E-state index contributed by atoms with van der Waals surface area (Å²) in [5.41, 5.74) is 0. The maximum Gasteiger partial charge on any atom is 0.407 e. The van der Waals surface area contributed by atoms with Gasteiger partial charge in [-0.25, -0.2) is 4.79 Å². The number of hydrogen-bond acceptors (Lipinski definition) is 3. The number of likely N-dealkylation sites (tertiary alicyclic amines) is 1. The first kappa shape index (κ1) is 9.76. The number of carboxylic acid groups (broad SMARTS) is 1. The number of rotatable bonds is 0. The average molecular weight is 240 g/mol. The first-order valence-electron chi connectivity index (χ1n) is 3.50. The van der Waals surface area contributed by atoms with Crippen molar-refractivity contribution in [2.45, 2.75) is 17.0 Å². The summed E-state index contributed by atoms with van der Waals surface area (Å²) in [5, 5.41) is 27.0. The van der Waals surface area contributed by atoms with Gasteiger partial charge in [-0.1, -0.05) is 15.9 Å². The number of β-amino-alcohol motifs (C(OH)–C–C–N with tert-alkyl or cyclic N) is 1. The molecule has 1 saturated heterocycles. The SMILES string of the molecule is O=C(O)N1CC(O)C(O)C(Br)C1. The number of amides is 1. The van der Waals surface area contributed by atoms with Gasteiger partial charge in [-0.15, -0.1) is 0 Å². The van der Waals surface area contributed by atoms with Crippen LogP contribution in [0.2, 0.25) is 0 Å². The number of carbonyl (C=O) groups is 1. The Hall–Kier alpha value is -0.330. The smallest absolute Gasteiger partial charge is 0.407 e. The van der Waals surface area contributed by atoms with Crippen LogP contribution in [-0.4, -0.2) is 56.4 Å². The topological polar surface area (TPSA) is 81.0 Å². The Morgan fingerprint density at radius 1 is 1.42 bits per heavy atom. The zero-order valence-electron chi connectivity index (χ0n) is 6.22. The molecule has 1 amide bonds. The Bertz CT molecular complexity index is 176. The minimum atomic E-state index is -1.08. The fourth-order valence-electron chi connectivity index (χ4n) is 1.12. The highest BCUT2D eigenvalue weighted by Gasteiger charge is 2.34. The summed E-state index contributed by atoms with van der Waals surface area (Å²) < 4.78 is 0. The van der Waals surface area contributed by atoms with Crippen molar-refractivity contribution >= 4 is 22.0 Å². The van der Waals surface area contributed by atoms with Crippen molar-refractivity contribution in [3.05, 3.63) is 0 Å². The largest absolute Gasteiger partial charge is 0.465 e. The molecule has 6 heteroatoms. The van der Waals surface area contributed by atoms with Crippen LogP contribution in [0.15, 0.2) is 0 Å². The third-order valence-corrected chi connectivity index (χ3v) is 2.67. The van der Waals surface area contributed by atoms with Crippen molar-refractivity contribution in [1.29, 1.82) is 0 Å². The second-order valence-corrected chi connectivity index (χ2v) is 3.94. The highest BCUT2D eigenvalue weighted by molar-refractivity contribution is 9.09. The molecule has 3 N–H and O–H groups in total. The first-order valence-corrected chi connectivity index (χ1v) is 4.42. The Morgan fingerprint density at radius 2 is 2.00 bits per heavy atom. The molecule has 1 aliphatic rings. The Labute approximate surface area is 77.7 Å². The molecule has 0 radical (unpaired) electrons. The first-order chi connectivity index (χ1) is 5.52. The van der Waals surface area contributed by atoms with E-state index in [2.05, 4.69) is 15.9 Å². The fraction of sp³-hybridized carbons (Fsp3) is 0.833. The second kappa shape index (κ2) is 3.59. The van der Waals surface area contributed by atoms with Gasteiger partial charge in [0.2, 0.25) is 0 Å². The molecular weight excluding hydrogens is 230 g/mol. The lowest BCUT2D eigenvalue weighted by Crippen LogP contribution is -2.54. The Morgan fingerprint density at radius 3 is 2.42 bits per heavy atom. The van der Waals surface area contributed by atoms with Gasteiger partial charge in [-0.05, 0) is 0 Å². The van der Waals surface area contributed by atoms with E-state index < -0.39 is 23.1 Å². The molecular formula is C6H10BrNO4. The van der Waals surface area contributed by atoms with E-state index in [4.69, 9.17) is 5.11 Å². The van der Waals surface area contributed by atoms with Crippen LogP contribution in [-0.2, 0) is 0 Å². The number of aliphatic hydroxyl groups is 2. The van der Waals surface area contributed by atoms with Gasteiger partial charge in [0.15, 0.2) is 0 Å². The van der Waals surface area contributed by atoms with E-state index in [0.29, 0.717) is 0 Å². The van der Waals surface area contributed by atoms with Gasteiger partial charge >= 0.3 is 6.09 Å². The van der Waals surface area contributed by atoms with E-state index >= 15 is 0 Å². The molecule has 0 aliphatic carbocycles. The van der Waals surface area contributed by atoms with Gasteiger partial charge in [0.1, 0.15) is 0 Å². The van der Waals surface area contributed by atoms with Gasteiger partial charge in [0.05, 0.1) is 23.6 Å². The van der Waals surface area contributed by atoms with Gasteiger partial charge in [-0.3, -0.25) is 0 Å². The van der Waals surface area contributed by atoms with Gasteiger partial charge in [0.25, 0.3) is 0 Å². The molecule has 12 heavy (non-hydrogen) atoms. The number of piperidine rings is 1. The highest BCUT2D eigenvalue weighted by Crippen LogP contribution is 2.18. The number of nitrogens with zero attached hydrogens (tertiary/aromatic N) is 1. The molecule has 1 aliphatic heterocycles. The number of aliphatic hydroxyl groups excluding tert-OH is 2. The zero-order chi connectivity index (χ0) is 9.30. The zero-order valence-corrected chi connectivity index (χ0v) is 7.81. The molecule has 1 rings (SSSR count). The average Bonchev–Trinajstić information content (AvgIpc) is 1.99. The lowest BCUT2D eigenvalue weighted by molar-refractivity contribution is -0.0273. The standard InChI is InChI=1S/C6H10BrNO4/c7-3-1-8(6(11)12)2-4(9)5(3)10/h3-5,9-10H,1-2H2,(H,11,12).